The van der Waals surface area contributed by atoms with E-state index in [2.05, 4.69) is 19.2 Å². The summed E-state index contributed by atoms with van der Waals surface area (Å²) in [7, 11) is 0. The van der Waals surface area contributed by atoms with Crippen molar-refractivity contribution in [3.63, 3.8) is 0 Å². The molecule has 1 atom stereocenters. The molecule has 1 unspecified atom stereocenters. The fourth-order valence-electron chi connectivity index (χ4n) is 1.80. The normalized spacial score (nSPS) is 12.4. The molecule has 0 spiro atoms. The Morgan fingerprint density at radius 2 is 2.11 bits per heavy atom. The van der Waals surface area contributed by atoms with Crippen LogP contribution < -0.4 is 16.8 Å². The van der Waals surface area contributed by atoms with Crippen LogP contribution in [0, 0.1) is 5.92 Å². The Hall–Kier alpha value is -1.75. The van der Waals surface area contributed by atoms with E-state index in [0.29, 0.717) is 22.9 Å². The lowest BCUT2D eigenvalue weighted by molar-refractivity contribution is 0.100. The van der Waals surface area contributed by atoms with Gasteiger partial charge in [0.2, 0.25) is 5.91 Å². The Morgan fingerprint density at radius 1 is 1.44 bits per heavy atom. The Labute approximate surface area is 107 Å². The highest BCUT2D eigenvalue weighted by Crippen LogP contribution is 2.22. The number of primary amides is 1. The highest BCUT2D eigenvalue weighted by Gasteiger charge is 2.12. The molecule has 5 nitrogen and oxygen atoms in total. The number of nitrogen functional groups attached to an aromatic ring is 1. The second kappa shape index (κ2) is 6.26. The summed E-state index contributed by atoms with van der Waals surface area (Å²) in [5, 5.41) is 12.5. The first kappa shape index (κ1) is 14.3. The predicted molar refractivity (Wildman–Crippen MR) is 73.3 cm³/mol. The molecule has 1 rings (SSSR count). The molecule has 0 aromatic heterocycles. The van der Waals surface area contributed by atoms with Gasteiger partial charge in [-0.25, -0.2) is 0 Å². The zero-order chi connectivity index (χ0) is 13.7. The molecule has 1 aromatic carbocycles. The van der Waals surface area contributed by atoms with Gasteiger partial charge in [-0.15, -0.1) is 0 Å². The third-order valence-corrected chi connectivity index (χ3v) is 2.67. The Morgan fingerprint density at radius 3 is 2.61 bits per heavy atom. The summed E-state index contributed by atoms with van der Waals surface area (Å²) in [6.07, 6.45) is 0.816. The molecule has 18 heavy (non-hydrogen) atoms. The lowest BCUT2D eigenvalue weighted by atomic mass is 10.0. The molecule has 0 aliphatic rings. The molecule has 0 radical (unpaired) electrons. The number of carbonyl (C=O) groups is 1. The topological polar surface area (TPSA) is 101 Å². The molecule has 0 saturated carbocycles. The van der Waals surface area contributed by atoms with Gasteiger partial charge in [0, 0.05) is 11.6 Å². The maximum atomic E-state index is 11.1. The Kier molecular flexibility index (Phi) is 4.97. The van der Waals surface area contributed by atoms with E-state index < -0.39 is 5.91 Å². The molecule has 6 N–H and O–H groups in total. The van der Waals surface area contributed by atoms with Crippen molar-refractivity contribution in [3.05, 3.63) is 23.8 Å². The monoisotopic (exact) mass is 251 g/mol. The van der Waals surface area contributed by atoms with Crippen LogP contribution in [0.4, 0.5) is 11.4 Å². The van der Waals surface area contributed by atoms with Gasteiger partial charge in [-0.05, 0) is 30.5 Å². The van der Waals surface area contributed by atoms with Crippen molar-refractivity contribution in [1.29, 1.82) is 0 Å². The standard InChI is InChI=1S/C13H21N3O2/c1-8(2)5-10(7-17)16-12-6-9(13(15)18)3-4-11(12)14/h3-4,6,8,10,16-17H,5,7,14H2,1-2H3,(H2,15,18). The number of aliphatic hydroxyl groups excluding tert-OH is 1. The average molecular weight is 251 g/mol. The molecule has 0 bridgehead atoms. The molecule has 0 fully saturated rings. The first-order valence-electron chi connectivity index (χ1n) is 6.00. The number of nitrogens with two attached hydrogens (primary N) is 2. The SMILES string of the molecule is CC(C)CC(CO)Nc1cc(C(N)=O)ccc1N. The van der Waals surface area contributed by atoms with Crippen LogP contribution in [0.1, 0.15) is 30.6 Å². The highest BCUT2D eigenvalue weighted by atomic mass is 16.3. The second-order valence-corrected chi connectivity index (χ2v) is 4.82. The van der Waals surface area contributed by atoms with E-state index in [1.807, 2.05) is 0 Å². The second-order valence-electron chi connectivity index (χ2n) is 4.82. The summed E-state index contributed by atoms with van der Waals surface area (Å²) in [4.78, 5) is 11.1. The summed E-state index contributed by atoms with van der Waals surface area (Å²) in [6.45, 7) is 4.17. The number of hydrogen-bond acceptors (Lipinski definition) is 4. The maximum absolute atomic E-state index is 11.1. The fraction of sp³-hybridized carbons (Fsp3) is 0.462. The minimum atomic E-state index is -0.498. The fourth-order valence-corrected chi connectivity index (χ4v) is 1.80. The van der Waals surface area contributed by atoms with E-state index in [9.17, 15) is 9.90 Å². The lowest BCUT2D eigenvalue weighted by Gasteiger charge is -2.20. The van der Waals surface area contributed by atoms with Crippen molar-refractivity contribution in [2.45, 2.75) is 26.3 Å². The number of amides is 1. The van der Waals surface area contributed by atoms with Crippen LogP contribution in [-0.2, 0) is 0 Å². The molecular formula is C13H21N3O2. The van der Waals surface area contributed by atoms with Crippen LogP contribution in [0.15, 0.2) is 18.2 Å². The molecule has 5 heteroatoms. The first-order valence-corrected chi connectivity index (χ1v) is 6.00. The van der Waals surface area contributed by atoms with Crippen molar-refractivity contribution in [1.82, 2.24) is 0 Å². The lowest BCUT2D eigenvalue weighted by Crippen LogP contribution is -2.26. The molecule has 100 valence electrons. The highest BCUT2D eigenvalue weighted by molar-refractivity contribution is 5.94. The number of anilines is 2. The van der Waals surface area contributed by atoms with E-state index in [-0.39, 0.29) is 12.6 Å². The third-order valence-electron chi connectivity index (χ3n) is 2.67. The van der Waals surface area contributed by atoms with Crippen LogP contribution in [0.2, 0.25) is 0 Å². The quantitative estimate of drug-likeness (QED) is 0.570. The summed E-state index contributed by atoms with van der Waals surface area (Å²) < 4.78 is 0. The zero-order valence-electron chi connectivity index (χ0n) is 10.8. The van der Waals surface area contributed by atoms with Crippen molar-refractivity contribution >= 4 is 17.3 Å². The Balaban J connectivity index is 2.87. The van der Waals surface area contributed by atoms with Crippen molar-refractivity contribution < 1.29 is 9.90 Å². The number of aliphatic hydroxyl groups is 1. The zero-order valence-corrected chi connectivity index (χ0v) is 10.8. The van der Waals surface area contributed by atoms with Gasteiger partial charge in [-0.3, -0.25) is 4.79 Å². The summed E-state index contributed by atoms with van der Waals surface area (Å²) in [6, 6.07) is 4.74. The van der Waals surface area contributed by atoms with Gasteiger partial charge in [-0.2, -0.15) is 0 Å². The first-order chi connectivity index (χ1) is 8.43. The average Bonchev–Trinajstić information content (AvgIpc) is 2.29. The Bertz CT molecular complexity index is 419. The van der Waals surface area contributed by atoms with Gasteiger partial charge in [-0.1, -0.05) is 13.8 Å². The van der Waals surface area contributed by atoms with Crippen molar-refractivity contribution in [2.75, 3.05) is 17.7 Å². The minimum Gasteiger partial charge on any atom is -0.397 e. The van der Waals surface area contributed by atoms with Gasteiger partial charge in [0.15, 0.2) is 0 Å². The van der Waals surface area contributed by atoms with Gasteiger partial charge in [0.25, 0.3) is 0 Å². The number of rotatable bonds is 6. The molecule has 0 saturated heterocycles. The smallest absolute Gasteiger partial charge is 0.248 e. The maximum Gasteiger partial charge on any atom is 0.248 e. The van der Waals surface area contributed by atoms with Gasteiger partial charge < -0.3 is 21.9 Å². The molecule has 0 aliphatic carbocycles. The largest absolute Gasteiger partial charge is 0.397 e. The van der Waals surface area contributed by atoms with E-state index in [1.165, 1.54) is 0 Å². The van der Waals surface area contributed by atoms with Crippen molar-refractivity contribution in [2.24, 2.45) is 11.7 Å². The minimum absolute atomic E-state index is 0.0123. The molecular weight excluding hydrogens is 230 g/mol. The van der Waals surface area contributed by atoms with Gasteiger partial charge in [0.05, 0.1) is 18.0 Å². The summed E-state index contributed by atoms with van der Waals surface area (Å²) in [5.41, 5.74) is 12.6. The van der Waals surface area contributed by atoms with Gasteiger partial charge in [0.1, 0.15) is 0 Å². The number of benzene rings is 1. The third kappa shape index (κ3) is 3.92. The van der Waals surface area contributed by atoms with E-state index in [1.54, 1.807) is 18.2 Å². The molecule has 1 amide bonds. The van der Waals surface area contributed by atoms with E-state index in [0.717, 1.165) is 6.42 Å². The number of carbonyl (C=O) groups excluding carboxylic acids is 1. The molecule has 0 aliphatic heterocycles. The summed E-state index contributed by atoms with van der Waals surface area (Å²) >= 11 is 0. The van der Waals surface area contributed by atoms with E-state index in [4.69, 9.17) is 11.5 Å². The van der Waals surface area contributed by atoms with Crippen LogP contribution >= 0.6 is 0 Å². The molecule has 0 heterocycles. The number of nitrogens with one attached hydrogen (secondary N) is 1. The van der Waals surface area contributed by atoms with Gasteiger partial charge >= 0.3 is 0 Å². The predicted octanol–water partition coefficient (Wildman–Crippen LogP) is 1.19. The number of hydrogen-bond donors (Lipinski definition) is 4. The van der Waals surface area contributed by atoms with Crippen molar-refractivity contribution in [3.8, 4) is 0 Å². The van der Waals surface area contributed by atoms with Crippen LogP contribution in [-0.4, -0.2) is 23.7 Å². The van der Waals surface area contributed by atoms with E-state index >= 15 is 0 Å². The molecule has 1 aromatic rings. The van der Waals surface area contributed by atoms with Crippen LogP contribution in [0.3, 0.4) is 0 Å². The van der Waals surface area contributed by atoms with Crippen LogP contribution in [0.5, 0.6) is 0 Å². The summed E-state index contributed by atoms with van der Waals surface area (Å²) in [5.74, 6) is -0.0438. The van der Waals surface area contributed by atoms with Crippen LogP contribution in [0.25, 0.3) is 0 Å².